The molecule has 0 aromatic heterocycles. The number of nitrogens with one attached hydrogen (secondary N) is 1. The largest absolute Gasteiger partial charge is 0.368 e. The minimum absolute atomic E-state index is 0.598. The maximum atomic E-state index is 3.44. The van der Waals surface area contributed by atoms with Gasteiger partial charge >= 0.3 is 0 Å². The normalized spacial score (nSPS) is 29.4. The van der Waals surface area contributed by atoms with Crippen LogP contribution in [0.1, 0.15) is 20.3 Å². The maximum absolute atomic E-state index is 3.44. The number of anilines is 1. The number of piperidine rings is 1. The number of nitrogens with zero attached hydrogens (tertiary/aromatic N) is 1. The lowest BCUT2D eigenvalue weighted by molar-refractivity contribution is 0.283. The number of rotatable bonds is 2. The molecule has 2 nitrogen and oxygen atoms in total. The molecule has 1 N–H and O–H groups in total. The number of hydrogen-bond donors (Lipinski definition) is 1. The molecule has 3 heteroatoms. The van der Waals surface area contributed by atoms with E-state index in [0.717, 1.165) is 6.54 Å². The number of benzene rings is 1. The Labute approximate surface area is 118 Å². The second kappa shape index (κ2) is 5.57. The van der Waals surface area contributed by atoms with Crippen LogP contribution in [0.2, 0.25) is 0 Å². The SMILES string of the molecule is CNC1CCN(c2ccc(I)cc2)C(C)C1C. The zero-order chi connectivity index (χ0) is 12.4. The van der Waals surface area contributed by atoms with Gasteiger partial charge in [-0.3, -0.25) is 0 Å². The standard InChI is InChI=1S/C14H21IN2/c1-10-11(2)17(9-8-14(10)16-3)13-6-4-12(15)5-7-13/h4-7,10-11,14,16H,8-9H2,1-3H3. The van der Waals surface area contributed by atoms with Gasteiger partial charge in [0.2, 0.25) is 0 Å². The van der Waals surface area contributed by atoms with E-state index in [0.29, 0.717) is 18.0 Å². The van der Waals surface area contributed by atoms with Crippen LogP contribution in [0.15, 0.2) is 24.3 Å². The van der Waals surface area contributed by atoms with Crippen LogP contribution in [-0.4, -0.2) is 25.7 Å². The highest BCUT2D eigenvalue weighted by atomic mass is 127. The molecule has 3 atom stereocenters. The molecule has 1 aromatic carbocycles. The Hall–Kier alpha value is -0.290. The molecule has 1 fully saturated rings. The van der Waals surface area contributed by atoms with Gasteiger partial charge in [-0.15, -0.1) is 0 Å². The second-order valence-electron chi connectivity index (χ2n) is 4.95. The van der Waals surface area contributed by atoms with Gasteiger partial charge in [0.25, 0.3) is 0 Å². The van der Waals surface area contributed by atoms with Crippen molar-refractivity contribution in [1.29, 1.82) is 0 Å². The smallest absolute Gasteiger partial charge is 0.0369 e. The first-order valence-electron chi connectivity index (χ1n) is 6.33. The lowest BCUT2D eigenvalue weighted by Crippen LogP contribution is -2.52. The molecule has 2 rings (SSSR count). The predicted molar refractivity (Wildman–Crippen MR) is 82.6 cm³/mol. The molecular weight excluding hydrogens is 323 g/mol. The fourth-order valence-electron chi connectivity index (χ4n) is 2.77. The van der Waals surface area contributed by atoms with Gasteiger partial charge in [-0.05, 0) is 73.2 Å². The Morgan fingerprint density at radius 1 is 1.24 bits per heavy atom. The van der Waals surface area contributed by atoms with Crippen molar-refractivity contribution in [2.24, 2.45) is 5.92 Å². The number of halogens is 1. The first-order chi connectivity index (χ1) is 8.13. The Balaban J connectivity index is 2.15. The van der Waals surface area contributed by atoms with Crippen LogP contribution >= 0.6 is 22.6 Å². The van der Waals surface area contributed by atoms with Crippen molar-refractivity contribution < 1.29 is 0 Å². The highest BCUT2D eigenvalue weighted by Gasteiger charge is 2.31. The first-order valence-corrected chi connectivity index (χ1v) is 7.41. The Kier molecular flexibility index (Phi) is 4.31. The van der Waals surface area contributed by atoms with Crippen LogP contribution in [0, 0.1) is 9.49 Å². The summed E-state index contributed by atoms with van der Waals surface area (Å²) < 4.78 is 1.30. The molecule has 1 saturated heterocycles. The van der Waals surface area contributed by atoms with Crippen molar-refractivity contribution in [3.63, 3.8) is 0 Å². The zero-order valence-electron chi connectivity index (χ0n) is 10.8. The molecular formula is C14H21IN2. The van der Waals surface area contributed by atoms with Gasteiger partial charge in [0, 0.05) is 27.9 Å². The molecule has 0 aliphatic carbocycles. The van der Waals surface area contributed by atoms with E-state index < -0.39 is 0 Å². The van der Waals surface area contributed by atoms with Crippen LogP contribution in [0.3, 0.4) is 0 Å². The van der Waals surface area contributed by atoms with Gasteiger partial charge in [0.1, 0.15) is 0 Å². The van der Waals surface area contributed by atoms with E-state index in [9.17, 15) is 0 Å². The molecule has 3 unspecified atom stereocenters. The average Bonchev–Trinajstić information content (AvgIpc) is 2.34. The average molecular weight is 344 g/mol. The third-order valence-corrected chi connectivity index (χ3v) is 4.82. The van der Waals surface area contributed by atoms with E-state index in [2.05, 4.69) is 78.0 Å². The summed E-state index contributed by atoms with van der Waals surface area (Å²) in [6.07, 6.45) is 1.23. The van der Waals surface area contributed by atoms with E-state index in [-0.39, 0.29) is 0 Å². The predicted octanol–water partition coefficient (Wildman–Crippen LogP) is 3.11. The molecule has 1 aliphatic heterocycles. The van der Waals surface area contributed by atoms with E-state index in [1.807, 2.05) is 0 Å². The first kappa shape index (κ1) is 13.1. The topological polar surface area (TPSA) is 15.3 Å². The van der Waals surface area contributed by atoms with Gasteiger partial charge < -0.3 is 10.2 Å². The second-order valence-corrected chi connectivity index (χ2v) is 6.20. The van der Waals surface area contributed by atoms with Crippen molar-refractivity contribution in [3.05, 3.63) is 27.8 Å². The summed E-state index contributed by atoms with van der Waals surface area (Å²) in [7, 11) is 2.08. The minimum atomic E-state index is 0.598. The maximum Gasteiger partial charge on any atom is 0.0369 e. The van der Waals surface area contributed by atoms with Crippen molar-refractivity contribution in [1.82, 2.24) is 5.32 Å². The quantitative estimate of drug-likeness (QED) is 0.830. The molecule has 0 saturated carbocycles. The molecule has 0 bridgehead atoms. The monoisotopic (exact) mass is 344 g/mol. The number of hydrogen-bond acceptors (Lipinski definition) is 2. The Morgan fingerprint density at radius 2 is 1.88 bits per heavy atom. The molecule has 0 radical (unpaired) electrons. The third-order valence-electron chi connectivity index (χ3n) is 4.10. The van der Waals surface area contributed by atoms with Crippen LogP contribution in [0.25, 0.3) is 0 Å². The zero-order valence-corrected chi connectivity index (χ0v) is 12.9. The summed E-state index contributed by atoms with van der Waals surface area (Å²) in [5.74, 6) is 0.688. The van der Waals surface area contributed by atoms with E-state index in [1.165, 1.54) is 15.7 Å². The summed E-state index contributed by atoms with van der Waals surface area (Å²) in [4.78, 5) is 2.54. The van der Waals surface area contributed by atoms with E-state index in [1.54, 1.807) is 0 Å². The fraction of sp³-hybridized carbons (Fsp3) is 0.571. The Bertz CT molecular complexity index is 363. The summed E-state index contributed by atoms with van der Waals surface area (Å²) in [5, 5.41) is 3.44. The van der Waals surface area contributed by atoms with Crippen LogP contribution in [0.4, 0.5) is 5.69 Å². The van der Waals surface area contributed by atoms with Crippen LogP contribution < -0.4 is 10.2 Å². The van der Waals surface area contributed by atoms with E-state index in [4.69, 9.17) is 0 Å². The molecule has 94 valence electrons. The van der Waals surface area contributed by atoms with Crippen molar-refractivity contribution in [2.45, 2.75) is 32.4 Å². The van der Waals surface area contributed by atoms with Crippen LogP contribution in [-0.2, 0) is 0 Å². The van der Waals surface area contributed by atoms with Crippen LogP contribution in [0.5, 0.6) is 0 Å². The minimum Gasteiger partial charge on any atom is -0.368 e. The fourth-order valence-corrected chi connectivity index (χ4v) is 3.13. The molecule has 1 heterocycles. The van der Waals surface area contributed by atoms with Gasteiger partial charge in [-0.25, -0.2) is 0 Å². The third kappa shape index (κ3) is 2.76. The summed E-state index contributed by atoms with van der Waals surface area (Å²) in [6, 6.07) is 10.1. The molecule has 0 amide bonds. The van der Waals surface area contributed by atoms with Gasteiger partial charge in [-0.2, -0.15) is 0 Å². The van der Waals surface area contributed by atoms with Crippen molar-refractivity contribution in [2.75, 3.05) is 18.5 Å². The molecule has 1 aliphatic rings. The molecule has 1 aromatic rings. The summed E-state index contributed by atoms with van der Waals surface area (Å²) in [5.41, 5.74) is 1.36. The summed E-state index contributed by atoms with van der Waals surface area (Å²) >= 11 is 2.36. The van der Waals surface area contributed by atoms with Gasteiger partial charge in [0.15, 0.2) is 0 Å². The van der Waals surface area contributed by atoms with Crippen molar-refractivity contribution >= 4 is 28.3 Å². The van der Waals surface area contributed by atoms with Gasteiger partial charge in [-0.1, -0.05) is 6.92 Å². The molecule has 17 heavy (non-hydrogen) atoms. The van der Waals surface area contributed by atoms with Crippen molar-refractivity contribution in [3.8, 4) is 0 Å². The highest BCUT2D eigenvalue weighted by molar-refractivity contribution is 14.1. The van der Waals surface area contributed by atoms with E-state index >= 15 is 0 Å². The lowest BCUT2D eigenvalue weighted by atomic mass is 9.87. The summed E-state index contributed by atoms with van der Waals surface area (Å²) in [6.45, 7) is 5.84. The molecule has 0 spiro atoms. The van der Waals surface area contributed by atoms with Gasteiger partial charge in [0.05, 0.1) is 0 Å². The Morgan fingerprint density at radius 3 is 2.47 bits per heavy atom. The highest BCUT2D eigenvalue weighted by Crippen LogP contribution is 2.28. The lowest BCUT2D eigenvalue weighted by Gasteiger charge is -2.44.